The van der Waals surface area contributed by atoms with Crippen LogP contribution in [0.3, 0.4) is 0 Å². The van der Waals surface area contributed by atoms with Gasteiger partial charge in [-0.3, -0.25) is 0 Å². The summed E-state index contributed by atoms with van der Waals surface area (Å²) in [4.78, 5) is 12.4. The van der Waals surface area contributed by atoms with Gasteiger partial charge in [0, 0.05) is 13.0 Å². The van der Waals surface area contributed by atoms with Crippen LogP contribution in [0.1, 0.15) is 44.6 Å². The number of ether oxygens (including phenoxy) is 4. The van der Waals surface area contributed by atoms with E-state index in [0.717, 1.165) is 37.9 Å². The van der Waals surface area contributed by atoms with E-state index in [9.17, 15) is 4.79 Å². The van der Waals surface area contributed by atoms with E-state index in [0.29, 0.717) is 18.9 Å². The molecular formula is C21H28O5. The van der Waals surface area contributed by atoms with Crippen molar-refractivity contribution in [3.8, 4) is 0 Å². The molecule has 3 saturated heterocycles. The number of rotatable bonds is 3. The smallest absolute Gasteiger partial charge is 0.335 e. The number of carbonyl (C=O) groups is 1. The van der Waals surface area contributed by atoms with Crippen LogP contribution in [-0.4, -0.2) is 43.1 Å². The third kappa shape index (κ3) is 4.11. The number of hydrogen-bond acceptors (Lipinski definition) is 5. The maximum absolute atomic E-state index is 12.4. The van der Waals surface area contributed by atoms with Crippen LogP contribution in [0.15, 0.2) is 30.3 Å². The first-order valence-electron chi connectivity index (χ1n) is 9.82. The molecule has 3 heterocycles. The third-order valence-electron chi connectivity index (χ3n) is 5.68. The summed E-state index contributed by atoms with van der Waals surface area (Å²) in [5, 5.41) is 0. The first kappa shape index (κ1) is 18.0. The molecule has 6 atom stereocenters. The van der Waals surface area contributed by atoms with E-state index in [4.69, 9.17) is 18.9 Å². The van der Waals surface area contributed by atoms with Crippen molar-refractivity contribution < 1.29 is 23.7 Å². The molecule has 0 spiro atoms. The van der Waals surface area contributed by atoms with Crippen molar-refractivity contribution in [3.05, 3.63) is 35.9 Å². The lowest BCUT2D eigenvalue weighted by molar-refractivity contribution is -0.219. The van der Waals surface area contributed by atoms with E-state index in [1.807, 2.05) is 30.3 Å². The van der Waals surface area contributed by atoms with Gasteiger partial charge in [0.1, 0.15) is 6.10 Å². The van der Waals surface area contributed by atoms with E-state index >= 15 is 0 Å². The number of esters is 1. The predicted octanol–water partition coefficient (Wildman–Crippen LogP) is 3.25. The van der Waals surface area contributed by atoms with Gasteiger partial charge in [0.2, 0.25) is 0 Å². The number of carbonyl (C=O) groups excluding carboxylic acids is 1. The molecule has 0 radical (unpaired) electrons. The summed E-state index contributed by atoms with van der Waals surface area (Å²) < 4.78 is 24.0. The SMILES string of the molecule is C[C@@H]1C[C@@H]2OC(=O)[C@@H](OCc3ccccc3)C[C@H]2O[C@H]2CCCO[C@@H]2C1. The van der Waals surface area contributed by atoms with Crippen molar-refractivity contribution in [3.63, 3.8) is 0 Å². The average Bonchev–Trinajstić information content (AvgIpc) is 2.64. The van der Waals surface area contributed by atoms with E-state index in [-0.39, 0.29) is 30.4 Å². The standard InChI is InChI=1S/C21H28O5/c1-14-10-17-16(8-5-9-23-17)25-19-12-20(21(22)26-18(19)11-14)24-13-15-6-3-2-4-7-15/h2-4,6-7,14,16-20H,5,8-13H2,1H3/t14-,16-,17+,18-,19+,20-/m0/s1. The summed E-state index contributed by atoms with van der Waals surface area (Å²) >= 11 is 0. The number of benzene rings is 1. The summed E-state index contributed by atoms with van der Waals surface area (Å²) in [5.74, 6) is 0.196. The highest BCUT2D eigenvalue weighted by atomic mass is 16.6. The van der Waals surface area contributed by atoms with E-state index in [2.05, 4.69) is 6.92 Å². The summed E-state index contributed by atoms with van der Waals surface area (Å²) in [6.45, 7) is 3.44. The van der Waals surface area contributed by atoms with E-state index in [1.165, 1.54) is 0 Å². The van der Waals surface area contributed by atoms with Gasteiger partial charge in [-0.15, -0.1) is 0 Å². The van der Waals surface area contributed by atoms with Crippen molar-refractivity contribution in [2.75, 3.05) is 6.61 Å². The molecule has 0 aliphatic carbocycles. The predicted molar refractivity (Wildman–Crippen MR) is 95.5 cm³/mol. The second kappa shape index (κ2) is 8.07. The Morgan fingerprint density at radius 2 is 1.85 bits per heavy atom. The maximum Gasteiger partial charge on any atom is 0.335 e. The molecule has 0 N–H and O–H groups in total. The summed E-state index contributed by atoms with van der Waals surface area (Å²) in [6.07, 6.45) is 3.84. The second-order valence-electron chi connectivity index (χ2n) is 7.84. The normalized spacial score (nSPS) is 37.7. The molecule has 3 fully saturated rings. The Morgan fingerprint density at radius 1 is 1.04 bits per heavy atom. The first-order chi connectivity index (χ1) is 12.7. The molecule has 142 valence electrons. The lowest BCUT2D eigenvalue weighted by Gasteiger charge is -2.43. The third-order valence-corrected chi connectivity index (χ3v) is 5.68. The van der Waals surface area contributed by atoms with Crippen LogP contribution in [-0.2, 0) is 30.3 Å². The Labute approximate surface area is 155 Å². The van der Waals surface area contributed by atoms with Crippen LogP contribution in [0.2, 0.25) is 0 Å². The number of fused-ring (bicyclic) bond motifs is 2. The van der Waals surface area contributed by atoms with Crippen molar-refractivity contribution in [1.29, 1.82) is 0 Å². The fourth-order valence-corrected chi connectivity index (χ4v) is 4.31. The fourth-order valence-electron chi connectivity index (χ4n) is 4.31. The monoisotopic (exact) mass is 360 g/mol. The molecule has 3 aliphatic rings. The van der Waals surface area contributed by atoms with Gasteiger partial charge in [-0.25, -0.2) is 4.79 Å². The molecule has 26 heavy (non-hydrogen) atoms. The van der Waals surface area contributed by atoms with Crippen molar-refractivity contribution in [1.82, 2.24) is 0 Å². The minimum Gasteiger partial charge on any atom is -0.458 e. The Bertz CT molecular complexity index is 604. The first-order valence-corrected chi connectivity index (χ1v) is 9.82. The van der Waals surface area contributed by atoms with Crippen molar-refractivity contribution in [2.24, 2.45) is 5.92 Å². The number of hydrogen-bond donors (Lipinski definition) is 0. The fraction of sp³-hybridized carbons (Fsp3) is 0.667. The zero-order valence-electron chi connectivity index (χ0n) is 15.3. The van der Waals surface area contributed by atoms with Gasteiger partial charge in [0.25, 0.3) is 0 Å². The van der Waals surface area contributed by atoms with Crippen LogP contribution in [0.25, 0.3) is 0 Å². The molecule has 0 unspecified atom stereocenters. The molecule has 1 aromatic rings. The molecule has 0 aromatic heterocycles. The summed E-state index contributed by atoms with van der Waals surface area (Å²) in [7, 11) is 0. The van der Waals surface area contributed by atoms with Gasteiger partial charge < -0.3 is 18.9 Å². The molecular weight excluding hydrogens is 332 g/mol. The molecule has 0 saturated carbocycles. The van der Waals surface area contributed by atoms with Gasteiger partial charge in [0.15, 0.2) is 6.10 Å². The van der Waals surface area contributed by atoms with Crippen LogP contribution in [0.4, 0.5) is 0 Å². The van der Waals surface area contributed by atoms with Crippen LogP contribution >= 0.6 is 0 Å². The molecule has 1 aromatic carbocycles. The molecule has 0 amide bonds. The molecule has 0 bridgehead atoms. The quantitative estimate of drug-likeness (QED) is 0.775. The Hall–Kier alpha value is -1.43. The lowest BCUT2D eigenvalue weighted by Crippen LogP contribution is -2.52. The minimum atomic E-state index is -0.561. The zero-order chi connectivity index (χ0) is 17.9. The Balaban J connectivity index is 1.42. The maximum atomic E-state index is 12.4. The highest BCUT2D eigenvalue weighted by Gasteiger charge is 2.44. The molecule has 5 nitrogen and oxygen atoms in total. The molecule has 3 aliphatic heterocycles. The van der Waals surface area contributed by atoms with Gasteiger partial charge in [-0.2, -0.15) is 0 Å². The Morgan fingerprint density at radius 3 is 2.69 bits per heavy atom. The highest BCUT2D eigenvalue weighted by Crippen LogP contribution is 2.35. The minimum absolute atomic E-state index is 0.102. The van der Waals surface area contributed by atoms with E-state index < -0.39 is 6.10 Å². The van der Waals surface area contributed by atoms with Crippen LogP contribution < -0.4 is 0 Å². The van der Waals surface area contributed by atoms with Gasteiger partial charge in [-0.1, -0.05) is 37.3 Å². The lowest BCUT2D eigenvalue weighted by atomic mass is 9.86. The molecule has 5 heteroatoms. The van der Waals surface area contributed by atoms with Crippen LogP contribution in [0, 0.1) is 5.92 Å². The average molecular weight is 360 g/mol. The van der Waals surface area contributed by atoms with Gasteiger partial charge in [-0.05, 0) is 37.2 Å². The van der Waals surface area contributed by atoms with Gasteiger partial charge >= 0.3 is 5.97 Å². The van der Waals surface area contributed by atoms with Crippen molar-refractivity contribution >= 4 is 5.97 Å². The van der Waals surface area contributed by atoms with Crippen LogP contribution in [0.5, 0.6) is 0 Å². The largest absolute Gasteiger partial charge is 0.458 e. The van der Waals surface area contributed by atoms with Crippen molar-refractivity contribution in [2.45, 2.75) is 76.2 Å². The van der Waals surface area contributed by atoms with E-state index in [1.54, 1.807) is 0 Å². The zero-order valence-corrected chi connectivity index (χ0v) is 15.3. The second-order valence-corrected chi connectivity index (χ2v) is 7.84. The molecule has 4 rings (SSSR count). The van der Waals surface area contributed by atoms with Gasteiger partial charge in [0.05, 0.1) is 24.9 Å². The summed E-state index contributed by atoms with van der Waals surface area (Å²) in [6, 6.07) is 9.89. The Kier molecular flexibility index (Phi) is 5.57. The summed E-state index contributed by atoms with van der Waals surface area (Å²) in [5.41, 5.74) is 1.05. The topological polar surface area (TPSA) is 54.0 Å². The highest BCUT2D eigenvalue weighted by molar-refractivity contribution is 5.75.